The van der Waals surface area contributed by atoms with E-state index in [0.29, 0.717) is 5.56 Å². The maximum Gasteiger partial charge on any atom is 0.347 e. The Morgan fingerprint density at radius 1 is 0.365 bits per heavy atom. The van der Waals surface area contributed by atoms with Crippen LogP contribution in [0, 0.1) is 0 Å². The van der Waals surface area contributed by atoms with Crippen molar-refractivity contribution in [3.05, 3.63) is 96.6 Å². The van der Waals surface area contributed by atoms with Crippen LogP contribution < -0.4 is 10.4 Å². The first-order valence-electron chi connectivity index (χ1n) is 26.9. The van der Waals surface area contributed by atoms with E-state index in [0.717, 1.165) is 51.9 Å². The summed E-state index contributed by atoms with van der Waals surface area (Å²) in [6.45, 7) is 18.2. The van der Waals surface area contributed by atoms with Gasteiger partial charge >= 0.3 is 65.7 Å². The van der Waals surface area contributed by atoms with Crippen LogP contribution in [0.1, 0.15) is 102 Å². The molecule has 3 aromatic carbocycles. The fourth-order valence-electron chi connectivity index (χ4n) is 7.37. The third kappa shape index (κ3) is 21.6. The number of esters is 11. The summed E-state index contributed by atoms with van der Waals surface area (Å²) in [6, 6.07) is 27.8. The Labute approximate surface area is 492 Å². The molecule has 0 unspecified atom stereocenters. The molecule has 0 bridgehead atoms. The highest BCUT2D eigenvalue weighted by Gasteiger charge is 2.52. The zero-order chi connectivity index (χ0) is 63.9. The molecular weight excluding hydrogens is 1140 g/mol. The molecule has 0 N–H and O–H groups in total. The molecule has 0 aliphatic carbocycles. The fourth-order valence-corrected chi connectivity index (χ4v) is 12.0. The van der Waals surface area contributed by atoms with E-state index in [-0.39, 0.29) is 12.9 Å². The van der Waals surface area contributed by atoms with Gasteiger partial charge in [-0.2, -0.15) is 0 Å². The summed E-state index contributed by atoms with van der Waals surface area (Å²) in [5.74, 6) is -12.6. The summed E-state index contributed by atoms with van der Waals surface area (Å²) in [4.78, 5) is 152. The van der Waals surface area contributed by atoms with Gasteiger partial charge in [-0.3, -0.25) is 4.79 Å². The van der Waals surface area contributed by atoms with Crippen molar-refractivity contribution in [2.45, 2.75) is 182 Å². The van der Waals surface area contributed by atoms with Crippen LogP contribution in [0.3, 0.4) is 0 Å². The predicted octanol–water partition coefficient (Wildman–Crippen LogP) is 3.60. The highest BCUT2D eigenvalue weighted by atomic mass is 28.4. The van der Waals surface area contributed by atoms with E-state index < -0.39 is 159 Å². The first kappa shape index (κ1) is 70.9. The number of ether oxygens (including phenoxy) is 12. The van der Waals surface area contributed by atoms with Gasteiger partial charge in [0.1, 0.15) is 12.7 Å². The average molecular weight is 1210 g/mol. The van der Waals surface area contributed by atoms with Crippen LogP contribution in [0.5, 0.6) is 0 Å². The zero-order valence-corrected chi connectivity index (χ0v) is 50.8. The molecule has 0 radical (unpaired) electrons. The summed E-state index contributed by atoms with van der Waals surface area (Å²) in [5.41, 5.74) is 0.701. The van der Waals surface area contributed by atoms with Crippen LogP contribution in [0.2, 0.25) is 5.04 Å². The minimum Gasteiger partial charge on any atom is -0.458 e. The van der Waals surface area contributed by atoms with Crippen molar-refractivity contribution in [1.29, 1.82) is 0 Å². The molecule has 0 amide bonds. The second-order valence-electron chi connectivity index (χ2n) is 20.3. The Balaban J connectivity index is 1.40. The first-order valence-corrected chi connectivity index (χ1v) is 28.8. The molecule has 0 aliphatic rings. The SMILES string of the molecule is C[C@H](OC[C@@H](C=O)OC(=O)[C@H](C)OC(=O)[C@H](C)OC(=O)[C@H](C)OC(=O)[C@H](C)OC(=O)[C@H](C)OC(=O)[C@H](C)OC(=O)[C@H](C)OC(=O)[C@H](C)O[Si](c1ccccc1)(c1ccccc1)C(C)(C)C)C(=O)O[C@@H](C)C(=O)O[C@@H](C)C(=O)OCc1ccccc1. The summed E-state index contributed by atoms with van der Waals surface area (Å²) in [7, 11) is -3.20. The highest BCUT2D eigenvalue weighted by Crippen LogP contribution is 2.37. The Kier molecular flexibility index (Phi) is 27.7. The van der Waals surface area contributed by atoms with Crippen LogP contribution in [-0.4, -0.2) is 160 Å². The van der Waals surface area contributed by atoms with E-state index in [1.165, 1.54) is 34.6 Å². The number of benzene rings is 3. The predicted molar refractivity (Wildman–Crippen MR) is 296 cm³/mol. The summed E-state index contributed by atoms with van der Waals surface area (Å²) in [6.07, 6.45) is -18.6. The maximum absolute atomic E-state index is 13.5. The average Bonchev–Trinajstić information content (AvgIpc) is 2.43. The van der Waals surface area contributed by atoms with Crippen molar-refractivity contribution in [1.82, 2.24) is 0 Å². The van der Waals surface area contributed by atoms with E-state index in [2.05, 4.69) is 0 Å². The summed E-state index contributed by atoms with van der Waals surface area (Å²) in [5, 5.41) is 1.33. The quantitative estimate of drug-likeness (QED) is 0.0384. The summed E-state index contributed by atoms with van der Waals surface area (Å²) >= 11 is 0. The highest BCUT2D eigenvalue weighted by molar-refractivity contribution is 6.99. The van der Waals surface area contributed by atoms with Crippen LogP contribution >= 0.6 is 0 Å². The molecule has 0 spiro atoms. The monoisotopic (exact) mass is 1210 g/mol. The molecule has 0 saturated carbocycles. The Hall–Kier alpha value is -8.36. The van der Waals surface area contributed by atoms with Crippen LogP contribution in [-0.2, 0) is 125 Å². The zero-order valence-electron chi connectivity index (χ0n) is 49.8. The molecule has 0 fully saturated rings. The standard InChI is InChI=1S/C59H74O25Si/c1-33(49(62)75-35(3)50(63)74-34(2)48(61)73-31-44-24-18-15-19-25-44)72-32-45(30-60)83-57(70)42(10)81-55(68)40(8)79-53(66)38(6)77-51(64)36(4)76-52(65)37(5)78-54(67)39(7)80-56(69)41(9)82-58(71)43(11)84-85(59(12,13)14,46-26-20-16-21-27-46)47-28-22-17-23-29-47/h15-30,33-43,45H,31-32H2,1-14H3/t33-,34-,35-,36-,37-,38-,39-,40-,41-,42-,43-,45+/m0/s1. The van der Waals surface area contributed by atoms with Gasteiger partial charge in [0.05, 0.1) is 6.61 Å². The van der Waals surface area contributed by atoms with E-state index in [1.54, 1.807) is 30.3 Å². The van der Waals surface area contributed by atoms with Crippen LogP contribution in [0.15, 0.2) is 91.0 Å². The molecule has 0 saturated heterocycles. The second-order valence-corrected chi connectivity index (χ2v) is 24.6. The smallest absolute Gasteiger partial charge is 0.347 e. The lowest BCUT2D eigenvalue weighted by molar-refractivity contribution is -0.189. The maximum atomic E-state index is 13.5. The van der Waals surface area contributed by atoms with Crippen molar-refractivity contribution in [2.75, 3.05) is 6.61 Å². The molecule has 0 aliphatic heterocycles. The van der Waals surface area contributed by atoms with E-state index in [1.807, 2.05) is 81.4 Å². The topological polar surface area (TPSA) is 325 Å². The molecule has 3 rings (SSSR count). The minimum atomic E-state index is -3.20. The van der Waals surface area contributed by atoms with Gasteiger partial charge in [-0.25, -0.2) is 52.7 Å². The number of carbonyl (C=O) groups is 12. The third-order valence-electron chi connectivity index (χ3n) is 12.2. The minimum absolute atomic E-state index is 0.0664. The first-order chi connectivity index (χ1) is 39.8. The van der Waals surface area contributed by atoms with Crippen molar-refractivity contribution < 1.29 is 119 Å². The molecular formula is C59H74O25Si. The third-order valence-corrected chi connectivity index (χ3v) is 17.3. The van der Waals surface area contributed by atoms with Crippen LogP contribution in [0.25, 0.3) is 0 Å². The van der Waals surface area contributed by atoms with Gasteiger partial charge < -0.3 is 61.3 Å². The van der Waals surface area contributed by atoms with Crippen molar-refractivity contribution >= 4 is 90.6 Å². The van der Waals surface area contributed by atoms with Gasteiger partial charge in [-0.15, -0.1) is 0 Å². The molecule has 464 valence electrons. The lowest BCUT2D eigenvalue weighted by Gasteiger charge is -2.44. The summed E-state index contributed by atoms with van der Waals surface area (Å²) < 4.78 is 67.9. The van der Waals surface area contributed by atoms with Crippen LogP contribution in [0.4, 0.5) is 0 Å². The van der Waals surface area contributed by atoms with Gasteiger partial charge in [-0.05, 0) is 97.1 Å². The van der Waals surface area contributed by atoms with E-state index >= 15 is 0 Å². The molecule has 26 heteroatoms. The Bertz CT molecular complexity index is 2740. The van der Waals surface area contributed by atoms with Gasteiger partial charge in [0.2, 0.25) is 0 Å². The van der Waals surface area contributed by atoms with Gasteiger partial charge in [-0.1, -0.05) is 112 Å². The molecule has 0 heterocycles. The molecule has 25 nitrogen and oxygen atoms in total. The number of hydrogen-bond donors (Lipinski definition) is 0. The van der Waals surface area contributed by atoms with Crippen molar-refractivity contribution in [2.24, 2.45) is 0 Å². The van der Waals surface area contributed by atoms with E-state index in [9.17, 15) is 57.5 Å². The van der Waals surface area contributed by atoms with Gasteiger partial charge in [0, 0.05) is 0 Å². The normalized spacial score (nSPS) is 15.6. The van der Waals surface area contributed by atoms with Crippen molar-refractivity contribution in [3.63, 3.8) is 0 Å². The number of rotatable bonds is 31. The molecule has 12 atom stereocenters. The second kappa shape index (κ2) is 33.2. The molecule has 3 aromatic rings. The fraction of sp³-hybridized carbons (Fsp3) is 0.492. The van der Waals surface area contributed by atoms with Gasteiger partial charge in [0.25, 0.3) is 8.32 Å². The number of hydrogen-bond acceptors (Lipinski definition) is 25. The largest absolute Gasteiger partial charge is 0.458 e. The van der Waals surface area contributed by atoms with Gasteiger partial charge in [0.15, 0.2) is 73.4 Å². The van der Waals surface area contributed by atoms with E-state index in [4.69, 9.17) is 61.3 Å². The lowest BCUT2D eigenvalue weighted by atomic mass is 10.2. The lowest BCUT2D eigenvalue weighted by Crippen LogP contribution is -2.68. The molecule has 0 aromatic heterocycles. The Morgan fingerprint density at radius 2 is 0.624 bits per heavy atom. The Morgan fingerprint density at radius 3 is 0.918 bits per heavy atom. The number of aldehydes is 1. The molecule has 85 heavy (non-hydrogen) atoms. The van der Waals surface area contributed by atoms with Crippen molar-refractivity contribution in [3.8, 4) is 0 Å². The number of carbonyl (C=O) groups excluding carboxylic acids is 12.